The monoisotopic (exact) mass is 315 g/mol. The van der Waals surface area contributed by atoms with Gasteiger partial charge in [0.05, 0.1) is 0 Å². The second kappa shape index (κ2) is 6.77. The van der Waals surface area contributed by atoms with E-state index in [1.165, 1.54) is 37.8 Å². The molecule has 0 heterocycles. The van der Waals surface area contributed by atoms with Crippen molar-refractivity contribution in [3.63, 3.8) is 0 Å². The molecule has 0 aliphatic heterocycles. The topological polar surface area (TPSA) is 3.24 Å². The maximum absolute atomic E-state index is 6.23. The lowest BCUT2D eigenvalue weighted by Crippen LogP contribution is -2.40. The quantitative estimate of drug-likeness (QED) is 0.699. The number of nitrogens with zero attached hydrogens (tertiary/aromatic N) is 1. The van der Waals surface area contributed by atoms with Crippen LogP contribution in [-0.4, -0.2) is 22.8 Å². The van der Waals surface area contributed by atoms with Crippen LogP contribution in [0.15, 0.2) is 24.3 Å². The summed E-state index contributed by atoms with van der Waals surface area (Å²) in [6.07, 6.45) is 5.30. The van der Waals surface area contributed by atoms with E-state index in [2.05, 4.69) is 33.0 Å². The third kappa shape index (κ3) is 3.70. The summed E-state index contributed by atoms with van der Waals surface area (Å²) in [5, 5.41) is 1.98. The van der Waals surface area contributed by atoms with Gasteiger partial charge >= 0.3 is 0 Å². The molecule has 1 aromatic carbocycles. The van der Waals surface area contributed by atoms with E-state index in [0.29, 0.717) is 0 Å². The maximum atomic E-state index is 6.23. The molecule has 2 rings (SSSR count). The van der Waals surface area contributed by atoms with E-state index in [1.807, 2.05) is 12.1 Å². The fraction of sp³-hybridized carbons (Fsp3) is 0.571. The molecule has 1 fully saturated rings. The minimum absolute atomic E-state index is 0.783. The first-order valence-electron chi connectivity index (χ1n) is 6.34. The minimum Gasteiger partial charge on any atom is -0.296 e. The summed E-state index contributed by atoms with van der Waals surface area (Å²) in [5.74, 6) is 0. The summed E-state index contributed by atoms with van der Waals surface area (Å²) in [5.41, 5.74) is 1.26. The molecule has 0 radical (unpaired) electrons. The van der Waals surface area contributed by atoms with Gasteiger partial charge in [0.25, 0.3) is 0 Å². The molecule has 94 valence electrons. The Kier molecular flexibility index (Phi) is 5.33. The molecule has 3 heteroatoms. The Morgan fingerprint density at radius 1 is 1.29 bits per heavy atom. The van der Waals surface area contributed by atoms with Crippen LogP contribution < -0.4 is 0 Å². The average Bonchev–Trinajstić information content (AvgIpc) is 2.26. The van der Waals surface area contributed by atoms with Crippen LogP contribution >= 0.6 is 27.5 Å². The van der Waals surface area contributed by atoms with Crippen molar-refractivity contribution in [1.82, 2.24) is 4.90 Å². The van der Waals surface area contributed by atoms with Crippen molar-refractivity contribution in [2.75, 3.05) is 11.9 Å². The van der Waals surface area contributed by atoms with Crippen LogP contribution in [0.2, 0.25) is 5.02 Å². The third-order valence-electron chi connectivity index (χ3n) is 3.50. The van der Waals surface area contributed by atoms with E-state index in [4.69, 9.17) is 11.6 Å². The second-order valence-electron chi connectivity index (χ2n) is 4.69. The Morgan fingerprint density at radius 2 is 2.06 bits per heavy atom. The lowest BCUT2D eigenvalue weighted by molar-refractivity contribution is 0.120. The lowest BCUT2D eigenvalue weighted by atomic mass is 9.91. The van der Waals surface area contributed by atoms with E-state index in [9.17, 15) is 0 Å². The summed E-state index contributed by atoms with van der Waals surface area (Å²) in [6.45, 7) is 2.17. The molecule has 0 unspecified atom stereocenters. The number of alkyl halides is 1. The van der Waals surface area contributed by atoms with Crippen LogP contribution in [0.4, 0.5) is 0 Å². The predicted molar refractivity (Wildman–Crippen MR) is 77.9 cm³/mol. The molecule has 1 aliphatic rings. The zero-order valence-electron chi connectivity index (χ0n) is 10.0. The van der Waals surface area contributed by atoms with Crippen molar-refractivity contribution in [3.05, 3.63) is 34.9 Å². The van der Waals surface area contributed by atoms with Crippen LogP contribution in [0.25, 0.3) is 0 Å². The van der Waals surface area contributed by atoms with Gasteiger partial charge in [-0.1, -0.05) is 52.2 Å². The standard InChI is InChI=1S/C14H19BrClN/c15-9-4-10-17(13-6-3-7-13)11-12-5-1-2-8-14(12)16/h1-2,5,8,13H,3-4,6-7,9-11H2. The van der Waals surface area contributed by atoms with Gasteiger partial charge in [-0.15, -0.1) is 0 Å². The zero-order chi connectivity index (χ0) is 12.1. The minimum atomic E-state index is 0.783. The average molecular weight is 317 g/mol. The lowest BCUT2D eigenvalue weighted by Gasteiger charge is -2.37. The predicted octanol–water partition coefficient (Wildman–Crippen LogP) is 4.48. The first kappa shape index (κ1) is 13.4. The summed E-state index contributed by atoms with van der Waals surface area (Å²) in [6, 6.07) is 8.98. The smallest absolute Gasteiger partial charge is 0.0451 e. The summed E-state index contributed by atoms with van der Waals surface area (Å²) < 4.78 is 0. The fourth-order valence-corrected chi connectivity index (χ4v) is 2.70. The van der Waals surface area contributed by atoms with Crippen molar-refractivity contribution in [1.29, 1.82) is 0 Å². The zero-order valence-corrected chi connectivity index (χ0v) is 12.4. The first-order chi connectivity index (χ1) is 8.31. The number of halogens is 2. The Labute approximate surface area is 117 Å². The molecule has 17 heavy (non-hydrogen) atoms. The first-order valence-corrected chi connectivity index (χ1v) is 7.84. The normalized spacial score (nSPS) is 16.2. The Bertz CT molecular complexity index is 352. The summed E-state index contributed by atoms with van der Waals surface area (Å²) >= 11 is 9.75. The van der Waals surface area contributed by atoms with Crippen molar-refractivity contribution < 1.29 is 0 Å². The molecule has 0 N–H and O–H groups in total. The molecular weight excluding hydrogens is 298 g/mol. The van der Waals surface area contributed by atoms with Gasteiger partial charge in [-0.25, -0.2) is 0 Å². The molecular formula is C14H19BrClN. The molecule has 1 saturated carbocycles. The van der Waals surface area contributed by atoms with Crippen molar-refractivity contribution in [2.24, 2.45) is 0 Å². The fourth-order valence-electron chi connectivity index (χ4n) is 2.25. The molecule has 0 atom stereocenters. The van der Waals surface area contributed by atoms with Gasteiger partial charge in [-0.3, -0.25) is 4.90 Å². The highest BCUT2D eigenvalue weighted by Crippen LogP contribution is 2.28. The van der Waals surface area contributed by atoms with Gasteiger partial charge in [0.1, 0.15) is 0 Å². The van der Waals surface area contributed by atoms with Gasteiger partial charge in [-0.05, 0) is 37.4 Å². The molecule has 0 saturated heterocycles. The van der Waals surface area contributed by atoms with E-state index in [1.54, 1.807) is 0 Å². The van der Waals surface area contributed by atoms with Crippen LogP contribution in [0.5, 0.6) is 0 Å². The van der Waals surface area contributed by atoms with Gasteiger partial charge in [0, 0.05) is 22.9 Å². The molecule has 0 aromatic heterocycles. The molecule has 1 aromatic rings. The maximum Gasteiger partial charge on any atom is 0.0451 e. The molecule has 1 aliphatic carbocycles. The Balaban J connectivity index is 1.98. The molecule has 0 bridgehead atoms. The van der Waals surface area contributed by atoms with Gasteiger partial charge < -0.3 is 0 Å². The highest BCUT2D eigenvalue weighted by molar-refractivity contribution is 9.09. The highest BCUT2D eigenvalue weighted by Gasteiger charge is 2.24. The van der Waals surface area contributed by atoms with Crippen LogP contribution in [0.1, 0.15) is 31.2 Å². The SMILES string of the molecule is Clc1ccccc1CN(CCCBr)C1CCC1. The number of hydrogen-bond acceptors (Lipinski definition) is 1. The van der Waals surface area contributed by atoms with Crippen molar-refractivity contribution in [2.45, 2.75) is 38.3 Å². The largest absolute Gasteiger partial charge is 0.296 e. The third-order valence-corrected chi connectivity index (χ3v) is 4.43. The van der Waals surface area contributed by atoms with Gasteiger partial charge in [-0.2, -0.15) is 0 Å². The summed E-state index contributed by atoms with van der Waals surface area (Å²) in [7, 11) is 0. The van der Waals surface area contributed by atoms with E-state index < -0.39 is 0 Å². The van der Waals surface area contributed by atoms with Gasteiger partial charge in [0.15, 0.2) is 0 Å². The number of benzene rings is 1. The van der Waals surface area contributed by atoms with E-state index in [-0.39, 0.29) is 0 Å². The van der Waals surface area contributed by atoms with E-state index in [0.717, 1.165) is 22.9 Å². The summed E-state index contributed by atoms with van der Waals surface area (Å²) in [4.78, 5) is 2.59. The molecule has 1 nitrogen and oxygen atoms in total. The number of hydrogen-bond donors (Lipinski definition) is 0. The Hall–Kier alpha value is -0.0500. The van der Waals surface area contributed by atoms with Gasteiger partial charge in [0.2, 0.25) is 0 Å². The van der Waals surface area contributed by atoms with Crippen LogP contribution in [0, 0.1) is 0 Å². The van der Waals surface area contributed by atoms with E-state index >= 15 is 0 Å². The molecule has 0 spiro atoms. The second-order valence-corrected chi connectivity index (χ2v) is 5.89. The van der Waals surface area contributed by atoms with Crippen molar-refractivity contribution >= 4 is 27.5 Å². The van der Waals surface area contributed by atoms with Crippen LogP contribution in [0.3, 0.4) is 0 Å². The van der Waals surface area contributed by atoms with Crippen molar-refractivity contribution in [3.8, 4) is 0 Å². The number of rotatable bonds is 6. The Morgan fingerprint density at radius 3 is 2.65 bits per heavy atom. The highest BCUT2D eigenvalue weighted by atomic mass is 79.9. The molecule has 0 amide bonds. The van der Waals surface area contributed by atoms with Crippen LogP contribution in [-0.2, 0) is 6.54 Å².